The van der Waals surface area contributed by atoms with Crippen LogP contribution < -0.4 is 0 Å². The standard InChI is InChI=1S/C16H24N2S/c1-3-4-5-6-7-10-13-18-15-12-9-8-11-14(15)17(2)16(18)19/h8-9,11-12H,3-7,10,13H2,1-2H3. The van der Waals surface area contributed by atoms with E-state index in [9.17, 15) is 0 Å². The van der Waals surface area contributed by atoms with Gasteiger partial charge in [-0.25, -0.2) is 0 Å². The van der Waals surface area contributed by atoms with Crippen molar-refractivity contribution in [2.45, 2.75) is 52.0 Å². The van der Waals surface area contributed by atoms with Crippen LogP contribution in [0.25, 0.3) is 11.0 Å². The lowest BCUT2D eigenvalue weighted by Crippen LogP contribution is -1.99. The van der Waals surface area contributed by atoms with E-state index < -0.39 is 0 Å². The number of aryl methyl sites for hydroxylation is 2. The summed E-state index contributed by atoms with van der Waals surface area (Å²) in [4.78, 5) is 0. The summed E-state index contributed by atoms with van der Waals surface area (Å²) in [5.74, 6) is 0. The van der Waals surface area contributed by atoms with E-state index in [-0.39, 0.29) is 0 Å². The molecule has 19 heavy (non-hydrogen) atoms. The van der Waals surface area contributed by atoms with Crippen molar-refractivity contribution in [3.05, 3.63) is 29.0 Å². The van der Waals surface area contributed by atoms with E-state index >= 15 is 0 Å². The molecule has 0 aliphatic rings. The maximum atomic E-state index is 5.54. The first-order chi connectivity index (χ1) is 9.25. The van der Waals surface area contributed by atoms with Gasteiger partial charge in [0.1, 0.15) is 0 Å². The topological polar surface area (TPSA) is 9.86 Å². The van der Waals surface area contributed by atoms with Crippen LogP contribution in [-0.2, 0) is 13.6 Å². The van der Waals surface area contributed by atoms with Crippen LogP contribution in [0.5, 0.6) is 0 Å². The van der Waals surface area contributed by atoms with Crippen molar-refractivity contribution in [3.63, 3.8) is 0 Å². The third-order valence-corrected chi connectivity index (χ3v) is 4.28. The Hall–Kier alpha value is -1.09. The Kier molecular flexibility index (Phi) is 5.20. The van der Waals surface area contributed by atoms with Gasteiger partial charge < -0.3 is 9.13 Å². The number of imidazole rings is 1. The molecule has 0 N–H and O–H groups in total. The smallest absolute Gasteiger partial charge is 0.180 e. The minimum absolute atomic E-state index is 0.940. The number of para-hydroxylation sites is 2. The van der Waals surface area contributed by atoms with Gasteiger partial charge in [0.05, 0.1) is 11.0 Å². The molecule has 0 atom stereocenters. The molecule has 0 aliphatic carbocycles. The first kappa shape index (κ1) is 14.3. The van der Waals surface area contributed by atoms with Gasteiger partial charge in [0.15, 0.2) is 4.77 Å². The molecule has 104 valence electrons. The lowest BCUT2D eigenvalue weighted by Gasteiger charge is -2.04. The maximum absolute atomic E-state index is 5.54. The highest BCUT2D eigenvalue weighted by Gasteiger charge is 2.06. The summed E-state index contributed by atoms with van der Waals surface area (Å²) in [7, 11) is 2.06. The van der Waals surface area contributed by atoms with Gasteiger partial charge in [0.25, 0.3) is 0 Å². The number of benzene rings is 1. The Morgan fingerprint density at radius 1 is 0.947 bits per heavy atom. The number of aromatic nitrogens is 2. The van der Waals surface area contributed by atoms with Crippen molar-refractivity contribution < 1.29 is 0 Å². The minimum atomic E-state index is 0.940. The molecule has 0 saturated carbocycles. The first-order valence-corrected chi connectivity index (χ1v) is 7.80. The molecule has 3 heteroatoms. The van der Waals surface area contributed by atoms with Crippen LogP contribution >= 0.6 is 12.2 Å². The molecule has 1 aromatic heterocycles. The van der Waals surface area contributed by atoms with Gasteiger partial charge in [0, 0.05) is 13.6 Å². The number of rotatable bonds is 7. The van der Waals surface area contributed by atoms with Crippen molar-refractivity contribution in [1.82, 2.24) is 9.13 Å². The first-order valence-electron chi connectivity index (χ1n) is 7.40. The third-order valence-electron chi connectivity index (χ3n) is 3.79. The highest BCUT2D eigenvalue weighted by Crippen LogP contribution is 2.17. The summed E-state index contributed by atoms with van der Waals surface area (Å²) in [6.45, 7) is 3.31. The average molecular weight is 276 g/mol. The highest BCUT2D eigenvalue weighted by molar-refractivity contribution is 7.71. The Morgan fingerprint density at radius 2 is 1.58 bits per heavy atom. The van der Waals surface area contributed by atoms with Crippen LogP contribution in [0.15, 0.2) is 24.3 Å². The summed E-state index contributed by atoms with van der Waals surface area (Å²) >= 11 is 5.54. The van der Waals surface area contributed by atoms with Crippen molar-refractivity contribution >= 4 is 23.3 Å². The van der Waals surface area contributed by atoms with E-state index in [1.54, 1.807) is 0 Å². The van der Waals surface area contributed by atoms with Crippen LogP contribution in [0.4, 0.5) is 0 Å². The van der Waals surface area contributed by atoms with Gasteiger partial charge in [-0.1, -0.05) is 51.2 Å². The van der Waals surface area contributed by atoms with E-state index in [0.717, 1.165) is 11.3 Å². The number of unbranched alkanes of at least 4 members (excludes halogenated alkanes) is 5. The second-order valence-corrected chi connectivity index (χ2v) is 5.61. The molecule has 0 aliphatic heterocycles. The molecule has 0 saturated heterocycles. The van der Waals surface area contributed by atoms with Crippen molar-refractivity contribution in [1.29, 1.82) is 0 Å². The zero-order valence-electron chi connectivity index (χ0n) is 12.1. The minimum Gasteiger partial charge on any atom is -0.320 e. The van der Waals surface area contributed by atoms with E-state index in [1.165, 1.54) is 49.6 Å². The van der Waals surface area contributed by atoms with Crippen molar-refractivity contribution in [2.75, 3.05) is 0 Å². The normalized spacial score (nSPS) is 11.3. The van der Waals surface area contributed by atoms with Crippen molar-refractivity contribution in [3.8, 4) is 0 Å². The van der Waals surface area contributed by atoms with Gasteiger partial charge in [-0.3, -0.25) is 0 Å². The summed E-state index contributed by atoms with van der Waals surface area (Å²) in [6, 6.07) is 8.48. The maximum Gasteiger partial charge on any atom is 0.180 e. The molecular formula is C16H24N2S. The molecule has 1 aromatic carbocycles. The molecule has 2 rings (SSSR count). The van der Waals surface area contributed by atoms with Gasteiger partial charge in [-0.2, -0.15) is 0 Å². The predicted molar refractivity (Wildman–Crippen MR) is 85.1 cm³/mol. The van der Waals surface area contributed by atoms with Crippen molar-refractivity contribution in [2.24, 2.45) is 7.05 Å². The molecule has 0 fully saturated rings. The summed E-state index contributed by atoms with van der Waals surface area (Å²) in [6.07, 6.45) is 7.95. The SMILES string of the molecule is CCCCCCCCn1c(=S)n(C)c2ccccc21. The predicted octanol–water partition coefficient (Wildman–Crippen LogP) is 5.07. The van der Waals surface area contributed by atoms with E-state index in [4.69, 9.17) is 12.2 Å². The van der Waals surface area contributed by atoms with Crippen LogP contribution in [0.3, 0.4) is 0 Å². The fourth-order valence-corrected chi connectivity index (χ4v) is 2.92. The second kappa shape index (κ2) is 6.90. The number of hydrogen-bond acceptors (Lipinski definition) is 1. The summed E-state index contributed by atoms with van der Waals surface area (Å²) in [5, 5.41) is 0. The molecule has 2 nitrogen and oxygen atoms in total. The monoisotopic (exact) mass is 276 g/mol. The summed E-state index contributed by atoms with van der Waals surface area (Å²) < 4.78 is 5.33. The molecule has 0 radical (unpaired) electrons. The van der Waals surface area contributed by atoms with E-state index in [2.05, 4.69) is 47.4 Å². The molecule has 0 bridgehead atoms. The third kappa shape index (κ3) is 3.27. The average Bonchev–Trinajstić information content (AvgIpc) is 2.68. The Morgan fingerprint density at radius 3 is 2.32 bits per heavy atom. The Labute approximate surface area is 121 Å². The molecular weight excluding hydrogens is 252 g/mol. The number of nitrogens with zero attached hydrogens (tertiary/aromatic N) is 2. The Bertz CT molecular complexity index is 580. The number of hydrogen-bond donors (Lipinski definition) is 0. The lowest BCUT2D eigenvalue weighted by molar-refractivity contribution is 0.558. The lowest BCUT2D eigenvalue weighted by atomic mass is 10.1. The van der Waals surface area contributed by atoms with E-state index in [1.807, 2.05) is 0 Å². The quantitative estimate of drug-likeness (QED) is 0.507. The molecule has 2 aromatic rings. The van der Waals surface area contributed by atoms with Crippen LogP contribution in [0, 0.1) is 4.77 Å². The second-order valence-electron chi connectivity index (χ2n) is 5.25. The van der Waals surface area contributed by atoms with E-state index in [0.29, 0.717) is 0 Å². The van der Waals surface area contributed by atoms with Crippen LogP contribution in [0.1, 0.15) is 45.4 Å². The zero-order chi connectivity index (χ0) is 13.7. The fourth-order valence-electron chi connectivity index (χ4n) is 2.63. The van der Waals surface area contributed by atoms with Gasteiger partial charge >= 0.3 is 0 Å². The largest absolute Gasteiger partial charge is 0.320 e. The molecule has 0 unspecified atom stereocenters. The van der Waals surface area contributed by atoms with Gasteiger partial charge in [0.2, 0.25) is 0 Å². The number of fused-ring (bicyclic) bond motifs is 1. The van der Waals surface area contributed by atoms with Crippen LogP contribution in [-0.4, -0.2) is 9.13 Å². The highest BCUT2D eigenvalue weighted by atomic mass is 32.1. The summed E-state index contributed by atoms with van der Waals surface area (Å²) in [5.41, 5.74) is 2.50. The molecule has 1 heterocycles. The molecule has 0 spiro atoms. The molecule has 0 amide bonds. The van der Waals surface area contributed by atoms with Gasteiger partial charge in [-0.15, -0.1) is 0 Å². The Balaban J connectivity index is 2.01. The fraction of sp³-hybridized carbons (Fsp3) is 0.562. The van der Waals surface area contributed by atoms with Crippen LogP contribution in [0.2, 0.25) is 0 Å². The van der Waals surface area contributed by atoms with Gasteiger partial charge in [-0.05, 0) is 30.8 Å². The zero-order valence-corrected chi connectivity index (χ0v) is 12.9.